The molecule has 5 amide bonds. The molecule has 0 saturated heterocycles. The van der Waals surface area contributed by atoms with Crippen LogP contribution >= 0.6 is 43.2 Å². The van der Waals surface area contributed by atoms with Crippen molar-refractivity contribution in [2.45, 2.75) is 108 Å². The van der Waals surface area contributed by atoms with Crippen LogP contribution in [0.3, 0.4) is 0 Å². The molecule has 0 aromatic carbocycles. The van der Waals surface area contributed by atoms with Crippen LogP contribution in [0.1, 0.15) is 96.3 Å². The number of nitrogens with zero attached hydrogens (tertiary/aromatic N) is 3. The lowest BCUT2D eigenvalue weighted by molar-refractivity contribution is -0.123. The Morgan fingerprint density at radius 2 is 0.866 bits per heavy atom. The Hall–Kier alpha value is -2.91. The molecule has 67 heavy (non-hydrogen) atoms. The van der Waals surface area contributed by atoms with Crippen molar-refractivity contribution in [2.24, 2.45) is 44.4 Å². The number of nitrogens with two attached hydrogens (primary N) is 6. The van der Waals surface area contributed by atoms with Gasteiger partial charge in [-0.05, 0) is 71.5 Å². The summed E-state index contributed by atoms with van der Waals surface area (Å²) in [6, 6.07) is -1.15. The molecule has 0 fully saturated rings. The Balaban J connectivity index is 4.17. The van der Waals surface area contributed by atoms with Crippen LogP contribution in [-0.4, -0.2) is 174 Å². The molecular formula is C42H88N16O5S4. The lowest BCUT2D eigenvalue weighted by Gasteiger charge is -2.22. The Morgan fingerprint density at radius 1 is 0.463 bits per heavy atom. The number of hydrogen-bond acceptors (Lipinski definition) is 16. The number of nitrogens with one attached hydrogen (secondary N) is 7. The average molecular weight is 1030 g/mol. The third kappa shape index (κ3) is 45.3. The van der Waals surface area contributed by atoms with Gasteiger partial charge in [-0.2, -0.15) is 0 Å². The predicted octanol–water partition coefficient (Wildman–Crippen LogP) is -0.506. The van der Waals surface area contributed by atoms with Crippen molar-refractivity contribution >= 4 is 84.6 Å². The summed E-state index contributed by atoms with van der Waals surface area (Å²) >= 11 is 0. The number of carbonyl (C=O) groups is 5. The summed E-state index contributed by atoms with van der Waals surface area (Å²) in [5, 5.41) is 21.2. The first-order chi connectivity index (χ1) is 32.3. The maximum Gasteiger partial charge on any atom is 0.236 e. The quantitative estimate of drug-likeness (QED) is 0.0158. The molecular weight excluding hydrogens is 937 g/mol. The van der Waals surface area contributed by atoms with Crippen LogP contribution in [0.2, 0.25) is 0 Å². The van der Waals surface area contributed by atoms with Gasteiger partial charge < -0.3 is 76.5 Å². The van der Waals surface area contributed by atoms with Crippen molar-refractivity contribution in [3.8, 4) is 0 Å². The molecule has 0 aliphatic rings. The van der Waals surface area contributed by atoms with E-state index in [9.17, 15) is 24.0 Å². The summed E-state index contributed by atoms with van der Waals surface area (Å²) in [7, 11) is 8.80. The number of amides is 5. The van der Waals surface area contributed by atoms with Gasteiger partial charge in [0, 0.05) is 114 Å². The number of aliphatic imine (C=N–C) groups is 2. The van der Waals surface area contributed by atoms with Gasteiger partial charge in [-0.15, -0.1) is 0 Å². The van der Waals surface area contributed by atoms with Gasteiger partial charge in [-0.3, -0.25) is 34.0 Å². The molecule has 0 bridgehead atoms. The van der Waals surface area contributed by atoms with E-state index < -0.39 is 12.1 Å². The lowest BCUT2D eigenvalue weighted by atomic mass is 10.1. The van der Waals surface area contributed by atoms with Gasteiger partial charge in [0.05, 0.1) is 12.1 Å². The molecule has 0 spiro atoms. The molecule has 19 N–H and O–H groups in total. The van der Waals surface area contributed by atoms with Gasteiger partial charge in [0.2, 0.25) is 29.5 Å². The van der Waals surface area contributed by atoms with E-state index >= 15 is 0 Å². The number of hydrogen-bond donors (Lipinski definition) is 13. The highest BCUT2D eigenvalue weighted by Crippen LogP contribution is 2.20. The molecule has 0 heterocycles. The van der Waals surface area contributed by atoms with Crippen molar-refractivity contribution in [2.75, 3.05) is 115 Å². The second-order valence-electron chi connectivity index (χ2n) is 15.8. The highest BCUT2D eigenvalue weighted by molar-refractivity contribution is 8.77. The van der Waals surface area contributed by atoms with Crippen LogP contribution in [0.15, 0.2) is 9.98 Å². The zero-order chi connectivity index (χ0) is 49.6. The van der Waals surface area contributed by atoms with Crippen molar-refractivity contribution in [1.82, 2.24) is 42.1 Å². The van der Waals surface area contributed by atoms with Crippen LogP contribution in [0.25, 0.3) is 0 Å². The monoisotopic (exact) mass is 1020 g/mol. The van der Waals surface area contributed by atoms with Crippen LogP contribution in [0.4, 0.5) is 0 Å². The maximum absolute atomic E-state index is 12.7. The minimum Gasteiger partial charge on any atom is -0.370 e. The van der Waals surface area contributed by atoms with Gasteiger partial charge in [-0.1, -0.05) is 68.9 Å². The molecule has 0 radical (unpaired) electrons. The zero-order valence-electron chi connectivity index (χ0n) is 40.3. The van der Waals surface area contributed by atoms with E-state index in [1.165, 1.54) is 0 Å². The summed E-state index contributed by atoms with van der Waals surface area (Å²) in [4.78, 5) is 71.9. The number of carbonyl (C=O) groups excluding carboxylic acids is 5. The summed E-state index contributed by atoms with van der Waals surface area (Å²) in [6.07, 6.45) is 11.0. The molecule has 390 valence electrons. The number of guanidine groups is 2. The summed E-state index contributed by atoms with van der Waals surface area (Å²) in [6.45, 7) is 8.15. The SMILES string of the molecule is CNCCSSCCNC(=O)CCN(CCCCCCNC(=O)[C@@H](N)CCCN=C(N)N)CCC(=O)NCCSSCCNC(=O)CCNCCCCCCNC(=O)[C@@H](N)CCCN=C(N)N. The number of unbranched alkanes of at least 4 members (excludes halogenated alkanes) is 6. The molecule has 0 aromatic rings. The Morgan fingerprint density at radius 3 is 1.30 bits per heavy atom. The third-order valence-electron chi connectivity index (χ3n) is 9.85. The Labute approximate surface area is 416 Å². The molecule has 0 aliphatic carbocycles. The van der Waals surface area contributed by atoms with Crippen LogP contribution in [-0.2, 0) is 24.0 Å². The van der Waals surface area contributed by atoms with Gasteiger partial charge in [-0.25, -0.2) is 0 Å². The second-order valence-corrected chi connectivity index (χ2v) is 21.2. The van der Waals surface area contributed by atoms with E-state index in [1.54, 1.807) is 43.2 Å². The van der Waals surface area contributed by atoms with Gasteiger partial charge in [0.25, 0.3) is 0 Å². The molecule has 0 rings (SSSR count). The smallest absolute Gasteiger partial charge is 0.236 e. The van der Waals surface area contributed by atoms with Crippen molar-refractivity contribution in [1.29, 1.82) is 0 Å². The zero-order valence-corrected chi connectivity index (χ0v) is 43.5. The van der Waals surface area contributed by atoms with E-state index in [0.717, 1.165) is 94.0 Å². The van der Waals surface area contributed by atoms with E-state index in [1.807, 2.05) is 7.05 Å². The largest absolute Gasteiger partial charge is 0.370 e. The topological polar surface area (TPSA) is 354 Å². The van der Waals surface area contributed by atoms with E-state index in [4.69, 9.17) is 34.4 Å². The standard InChI is InChI=1S/C42H88N16O5S4/c1-49-23-30-64-65-32-25-52-37(60)15-28-58(27-9-5-4-8-19-55-40(63)35(44)13-11-21-57-42(47)48)29-16-38(61)53-26-33-67-66-31-24-51-36(59)14-22-50-17-6-2-3-7-18-54-39(62)34(43)12-10-20-56-41(45)46/h34-35,49-50H,2-33,43-44H2,1H3,(H,51,59)(H,52,60)(H,53,61)(H,54,62)(H,55,63)(H4,45,46,56)(H4,47,48,57)/t34-,35-/m0/s1. The first-order valence-corrected chi connectivity index (χ1v) is 28.9. The minimum absolute atomic E-state index is 0.0132. The first-order valence-electron chi connectivity index (χ1n) is 23.9. The van der Waals surface area contributed by atoms with Gasteiger partial charge in [0.15, 0.2) is 11.9 Å². The summed E-state index contributed by atoms with van der Waals surface area (Å²) in [5.74, 6) is 3.14. The Kier molecular flexibility index (Phi) is 44.8. The molecule has 2 atom stereocenters. The highest BCUT2D eigenvalue weighted by atomic mass is 33.1. The van der Waals surface area contributed by atoms with Gasteiger partial charge in [0.1, 0.15) is 0 Å². The van der Waals surface area contributed by atoms with Gasteiger partial charge >= 0.3 is 0 Å². The number of rotatable bonds is 47. The lowest BCUT2D eigenvalue weighted by Crippen LogP contribution is -2.41. The Bertz CT molecular complexity index is 1350. The second kappa shape index (κ2) is 46.8. The predicted molar refractivity (Wildman–Crippen MR) is 285 cm³/mol. The average Bonchev–Trinajstić information content (AvgIpc) is 3.30. The summed E-state index contributed by atoms with van der Waals surface area (Å²) in [5.41, 5.74) is 33.1. The minimum atomic E-state index is -0.593. The normalized spacial score (nSPS) is 11.9. The molecule has 0 aliphatic heterocycles. The fourth-order valence-electron chi connectivity index (χ4n) is 6.05. The van der Waals surface area contributed by atoms with Crippen LogP contribution < -0.4 is 71.6 Å². The van der Waals surface area contributed by atoms with E-state index in [-0.39, 0.29) is 41.5 Å². The van der Waals surface area contributed by atoms with Crippen molar-refractivity contribution in [3.05, 3.63) is 0 Å². The fraction of sp³-hybridized carbons (Fsp3) is 0.833. The maximum atomic E-state index is 12.7. The van der Waals surface area contributed by atoms with Crippen molar-refractivity contribution < 1.29 is 24.0 Å². The molecule has 0 saturated carbocycles. The third-order valence-corrected chi connectivity index (χ3v) is 14.7. The van der Waals surface area contributed by atoms with E-state index in [2.05, 4.69) is 52.1 Å². The molecule has 25 heteroatoms. The van der Waals surface area contributed by atoms with Crippen LogP contribution in [0.5, 0.6) is 0 Å². The highest BCUT2D eigenvalue weighted by Gasteiger charge is 2.14. The summed E-state index contributed by atoms with van der Waals surface area (Å²) < 4.78 is 0. The molecule has 0 unspecified atom stereocenters. The van der Waals surface area contributed by atoms with Crippen molar-refractivity contribution in [3.63, 3.8) is 0 Å². The molecule has 21 nitrogen and oxygen atoms in total. The van der Waals surface area contributed by atoms with Crippen LogP contribution in [0, 0.1) is 0 Å². The van der Waals surface area contributed by atoms with E-state index in [0.29, 0.717) is 110 Å². The first kappa shape index (κ1) is 64.1. The molecule has 0 aromatic heterocycles. The fourth-order valence-corrected chi connectivity index (χ4v) is 9.78.